The molecule has 1 aliphatic rings. The van der Waals surface area contributed by atoms with Gasteiger partial charge in [0.25, 0.3) is 0 Å². The predicted molar refractivity (Wildman–Crippen MR) is 353 cm³/mol. The van der Waals surface area contributed by atoms with Crippen molar-refractivity contribution >= 4 is 95.4 Å². The molecule has 2 aromatic carbocycles. The van der Waals surface area contributed by atoms with Crippen molar-refractivity contribution in [3.05, 3.63) is 76.6 Å². The average molecular weight is 1470 g/mol. The number of phenolic OH excluding ortho intramolecular Hbond substituents is 2. The van der Waals surface area contributed by atoms with E-state index in [9.17, 15) is 73.6 Å². The van der Waals surface area contributed by atoms with Gasteiger partial charge in [0.05, 0.1) is 38.4 Å². The molecular formula is C62H90GaN15O20S. The molecule has 0 bridgehead atoms. The number of unbranched alkanes of at least 4 members (excludes halogenated alkanes) is 1. The molecule has 2 aromatic heterocycles. The van der Waals surface area contributed by atoms with E-state index >= 15 is 0 Å². The first-order valence-corrected chi connectivity index (χ1v) is 34.4. The zero-order valence-corrected chi connectivity index (χ0v) is 58.8. The molecule has 5 rings (SSSR count). The molecule has 0 saturated carbocycles. The Morgan fingerprint density at radius 1 is 0.636 bits per heavy atom. The van der Waals surface area contributed by atoms with Crippen molar-refractivity contribution in [2.24, 2.45) is 0 Å². The molecule has 6 amide bonds. The minimum absolute atomic E-state index is 0.00755. The third-order valence-electron chi connectivity index (χ3n) is 15.9. The number of amides is 6. The molecule has 99 heavy (non-hydrogen) atoms. The smallest absolute Gasteiger partial charge is 0.0672 e. The first-order valence-electron chi connectivity index (χ1n) is 32.2. The van der Waals surface area contributed by atoms with E-state index in [-0.39, 0.29) is 109 Å². The number of anilines is 1. The molecule has 4 aromatic rings. The Balaban J connectivity index is 1.10. The predicted octanol–water partition coefficient (Wildman–Crippen LogP) is -1.10. The van der Waals surface area contributed by atoms with Crippen molar-refractivity contribution in [2.45, 2.75) is 113 Å². The Labute approximate surface area is 586 Å². The molecule has 2 radical (unpaired) electrons. The van der Waals surface area contributed by atoms with E-state index in [1.54, 1.807) is 42.1 Å². The van der Waals surface area contributed by atoms with Crippen molar-refractivity contribution < 1.29 is 97.5 Å². The van der Waals surface area contributed by atoms with Crippen LogP contribution in [0.2, 0.25) is 0 Å². The first kappa shape index (κ1) is 81.4. The van der Waals surface area contributed by atoms with E-state index in [1.165, 1.54) is 54.2 Å². The largest absolute Gasteiger partial charge is 0.135 e. The molecule has 1 aliphatic heterocycles. The van der Waals surface area contributed by atoms with Gasteiger partial charge in [-0.2, -0.15) is 0 Å². The summed E-state index contributed by atoms with van der Waals surface area (Å²) in [6.45, 7) is 9.76. The van der Waals surface area contributed by atoms with E-state index < -0.39 is 76.6 Å². The molecule has 11 N–H and O–H groups in total. The van der Waals surface area contributed by atoms with Gasteiger partial charge in [-0.3, -0.25) is 33.4 Å². The van der Waals surface area contributed by atoms with Gasteiger partial charge in [-0.15, -0.1) is 15.3 Å². The second kappa shape index (κ2) is 44.7. The summed E-state index contributed by atoms with van der Waals surface area (Å²) < 4.78 is 22.6. The Morgan fingerprint density at radius 3 is 1.69 bits per heavy atom. The molecule has 4 atom stereocenters. The number of carbonyl (C=O) groups excluding carboxylic acids is 8. The number of hydrogen-bond donors (Lipinski definition) is 11. The van der Waals surface area contributed by atoms with Gasteiger partial charge in [-0.1, -0.05) is 47.7 Å². The zero-order valence-electron chi connectivity index (χ0n) is 55.5. The van der Waals surface area contributed by atoms with Gasteiger partial charge < -0.3 is 51.7 Å². The molecule has 1 unspecified atom stereocenters. The van der Waals surface area contributed by atoms with E-state index in [4.69, 9.17) is 18.9 Å². The van der Waals surface area contributed by atoms with E-state index in [1.807, 2.05) is 21.6 Å². The van der Waals surface area contributed by atoms with Crippen LogP contribution in [0.3, 0.4) is 0 Å². The van der Waals surface area contributed by atoms with Crippen LogP contribution in [0.25, 0.3) is 0 Å². The fraction of sp³-hybridized carbons (Fsp3) is 0.581. The number of aliphatic carboxylic acids is 2. The van der Waals surface area contributed by atoms with Crippen LogP contribution in [0.15, 0.2) is 54.7 Å². The monoisotopic (exact) mass is 1460 g/mol. The molecule has 3 heterocycles. The van der Waals surface area contributed by atoms with Gasteiger partial charge in [-0.25, -0.2) is 9.59 Å². The van der Waals surface area contributed by atoms with E-state index in [2.05, 4.69) is 62.2 Å². The van der Waals surface area contributed by atoms with Crippen molar-refractivity contribution in [1.29, 1.82) is 0 Å². The summed E-state index contributed by atoms with van der Waals surface area (Å²) in [6, 6.07) is 7.66. The summed E-state index contributed by atoms with van der Waals surface area (Å²) in [4.78, 5) is 139. The van der Waals surface area contributed by atoms with Gasteiger partial charge in [0.1, 0.15) is 34.6 Å². The Morgan fingerprint density at radius 2 is 1.16 bits per heavy atom. The number of benzene rings is 2. The first-order chi connectivity index (χ1) is 47.5. The Hall–Kier alpha value is -8.24. The van der Waals surface area contributed by atoms with Crippen molar-refractivity contribution in [3.8, 4) is 11.5 Å². The topological polar surface area (TPSA) is 460 Å². The number of aromatic hydroxyl groups is 2. The van der Waals surface area contributed by atoms with Crippen LogP contribution in [0, 0.1) is 6.92 Å². The number of ether oxygens (including phenoxy) is 4. The van der Waals surface area contributed by atoms with Crippen molar-refractivity contribution in [1.82, 2.24) is 71.4 Å². The number of nitrogens with zero attached hydrogens (tertiary/aromatic N) is 9. The number of aromatic nitrogens is 5. The second-order valence-electron chi connectivity index (χ2n) is 23.5. The summed E-state index contributed by atoms with van der Waals surface area (Å²) in [6.07, 6.45) is 1.85. The van der Waals surface area contributed by atoms with Crippen LogP contribution in [-0.4, -0.2) is 291 Å². The average Bonchev–Trinajstić information content (AvgIpc) is 0.881. The summed E-state index contributed by atoms with van der Waals surface area (Å²) >= 11 is 2.47. The quantitative estimate of drug-likeness (QED) is 0.00823. The summed E-state index contributed by atoms with van der Waals surface area (Å²) in [5.41, 5.74) is 1.17. The molecular weight excluding hydrogens is 1370 g/mol. The van der Waals surface area contributed by atoms with Crippen molar-refractivity contribution in [2.75, 3.05) is 124 Å². The summed E-state index contributed by atoms with van der Waals surface area (Å²) in [7, 11) is 0. The van der Waals surface area contributed by atoms with Crippen LogP contribution in [0.5, 0.6) is 11.5 Å². The van der Waals surface area contributed by atoms with Gasteiger partial charge >= 0.3 is 205 Å². The van der Waals surface area contributed by atoms with Gasteiger partial charge in [0, 0.05) is 37.5 Å². The third-order valence-corrected chi connectivity index (χ3v) is 17.3. The van der Waals surface area contributed by atoms with E-state index in [0.29, 0.717) is 126 Å². The Bertz CT molecular complexity index is 3130. The minimum atomic E-state index is -1.89. The van der Waals surface area contributed by atoms with Crippen LogP contribution in [0.4, 0.5) is 5.13 Å². The zero-order chi connectivity index (χ0) is 72.0. The number of nitrogens with one attached hydrogen (secondary N) is 6. The minimum Gasteiger partial charge on any atom is -0.135 e. The number of carboxylic acids is 2. The van der Waals surface area contributed by atoms with Gasteiger partial charge in [-0.05, 0) is 80.8 Å². The number of aryl methyl sites for hydroxylation is 3. The maximum atomic E-state index is 13.7. The normalized spacial score (nSPS) is 14.9. The fourth-order valence-electron chi connectivity index (χ4n) is 10.4. The molecule has 1 fully saturated rings. The second-order valence-corrected chi connectivity index (χ2v) is 26.2. The summed E-state index contributed by atoms with van der Waals surface area (Å²) in [5, 5.41) is 81.9. The summed E-state index contributed by atoms with van der Waals surface area (Å²) in [5.74, 6) is -7.15. The van der Waals surface area contributed by atoms with Crippen LogP contribution in [0.1, 0.15) is 86.5 Å². The molecule has 1 saturated heterocycles. The maximum absolute atomic E-state index is 13.7. The number of rotatable bonds is 45. The molecule has 542 valence electrons. The van der Waals surface area contributed by atoms with Crippen LogP contribution >= 0.6 is 11.3 Å². The Kier molecular flexibility index (Phi) is 36.8. The standard InChI is InChI=1S/C62H90N15O20S.Ga/c1-44-69-71-61(98-44)68-53(82)8-5-6-47-38-77(72-70-47)21-4-3-7-50(65-55(84)37-52(60(90)91)67-56(85)36-51(59(88)89)66-54(83)17-18-62(2,45-9-13-48(80)14-10-45)46-11-15-49(81)16-12-46)58(87)64-20-32-94-35-34-93-31-19-63-57(86)39-74-24-22-73(30-33-97-92)23-26-75(40-95-42-78)28-29-76(27-25-74)41-96-43-79;/h9-16,33,38,42-43,50-52,80-81,92H,3-8,17-32,34-37,39-41H2,1-2H3,(H,63,86)(H,64,87)(H,65,84)(H,66,83)(H,67,85)(H,88,89)(H,90,91)(H,68,71,82);/t50-,51-,52-;/m0./s1/i;1-2. The molecule has 37 heteroatoms. The maximum Gasteiger partial charge on any atom is -0.0672 e. The van der Waals surface area contributed by atoms with Crippen LogP contribution in [-0.2, 0) is 90.2 Å². The van der Waals surface area contributed by atoms with Crippen LogP contribution < -0.4 is 31.9 Å². The third kappa shape index (κ3) is 31.7. The van der Waals surface area contributed by atoms with Gasteiger partial charge in [0.2, 0.25) is 34.7 Å². The molecule has 0 aliphatic carbocycles. The van der Waals surface area contributed by atoms with E-state index in [0.717, 1.165) is 5.01 Å². The number of hydrogen-bond acceptors (Lipinski definition) is 27. The molecule has 0 spiro atoms. The van der Waals surface area contributed by atoms with Gasteiger partial charge in [0.15, 0.2) is 0 Å². The van der Waals surface area contributed by atoms with Crippen molar-refractivity contribution in [3.63, 3.8) is 0 Å². The fourth-order valence-corrected chi connectivity index (χ4v) is 11.6. The molecule has 35 nitrogen and oxygen atoms in total. The number of carboxylic acid groups (broad SMARTS) is 2. The number of phenols is 2. The number of carbonyl (C=O) groups is 10. The SMILES string of the molecule is Cc1nnc(NC(=O)CCCc2cn(CCCC[C@H](NC(=O)C[C@H](NC(=O)C[C@H](NC(=O)CCC(C)(c3ccc(O)cc3)c3ccc(O)cc3)C(=O)O)C(=O)O)C(=O)NCCOCCOCCNC(=O)CN3CCN(COC=O)CCN(COC=O)CCN(C[CH]([68Ga])OO)CC3)nn2)s1.